The molecule has 0 aliphatic carbocycles. The maximum absolute atomic E-state index is 5.67. The van der Waals surface area contributed by atoms with Gasteiger partial charge in [0.2, 0.25) is 0 Å². The van der Waals surface area contributed by atoms with E-state index in [2.05, 4.69) is 16.9 Å². The van der Waals surface area contributed by atoms with Crippen LogP contribution in [0.4, 0.5) is 5.82 Å². The number of hydrogen-bond acceptors (Lipinski definition) is 2. The zero-order valence-corrected chi connectivity index (χ0v) is 6.02. The maximum atomic E-state index is 5.67. The molecule has 0 saturated heterocycles. The summed E-state index contributed by atoms with van der Waals surface area (Å²) in [5, 5.41) is 0. The number of hydrogen-bond donors (Lipinski definition) is 2. The van der Waals surface area contributed by atoms with E-state index in [1.54, 1.807) is 0 Å². The summed E-state index contributed by atoms with van der Waals surface area (Å²) < 4.78 is 0. The Bertz CT molecular complexity index is 251. The van der Waals surface area contributed by atoms with Crippen LogP contribution in [0.3, 0.4) is 0 Å². The van der Waals surface area contributed by atoms with Gasteiger partial charge >= 0.3 is 0 Å². The summed E-state index contributed by atoms with van der Waals surface area (Å²) in [4.78, 5) is 5.26. The third-order valence-corrected chi connectivity index (χ3v) is 1.98. The highest BCUT2D eigenvalue weighted by molar-refractivity contribution is 5.47. The summed E-state index contributed by atoms with van der Waals surface area (Å²) in [5.41, 5.74) is 8.30. The molecule has 0 unspecified atom stereocenters. The van der Waals surface area contributed by atoms with Crippen molar-refractivity contribution in [3.8, 4) is 0 Å². The largest absolute Gasteiger partial charge is 0.385 e. The average Bonchev–Trinajstić information content (AvgIpc) is 2.35. The quantitative estimate of drug-likeness (QED) is 0.548. The summed E-state index contributed by atoms with van der Waals surface area (Å²) in [5.74, 6) is 0.833. The Morgan fingerprint density at radius 3 is 3.10 bits per heavy atom. The van der Waals surface area contributed by atoms with E-state index in [-0.39, 0.29) is 0 Å². The molecule has 1 aliphatic rings. The van der Waals surface area contributed by atoms with Gasteiger partial charge in [0.15, 0.2) is 0 Å². The second-order valence-corrected chi connectivity index (χ2v) is 2.88. The van der Waals surface area contributed by atoms with Gasteiger partial charge in [-0.2, -0.15) is 0 Å². The molecule has 0 aromatic carbocycles. The Labute approximate surface area is 59.8 Å². The van der Waals surface area contributed by atoms with Gasteiger partial charge in [0.25, 0.3) is 0 Å². The predicted molar refractivity (Wildman–Crippen MR) is 40.4 cm³/mol. The Morgan fingerprint density at radius 2 is 2.40 bits per heavy atom. The number of aromatic nitrogens is 1. The molecular formula is C7H11N3. The molecule has 3 nitrogen and oxygen atoms in total. The highest BCUT2D eigenvalue weighted by Gasteiger charge is 2.18. The molecule has 0 fully saturated rings. The number of H-pyrrole nitrogens is 1. The van der Waals surface area contributed by atoms with Gasteiger partial charge in [0.1, 0.15) is 5.82 Å². The van der Waals surface area contributed by atoms with E-state index in [9.17, 15) is 0 Å². The van der Waals surface area contributed by atoms with Crippen LogP contribution in [0.1, 0.15) is 11.1 Å². The molecule has 0 spiro atoms. The second kappa shape index (κ2) is 1.76. The molecular weight excluding hydrogens is 126 g/mol. The molecule has 0 amide bonds. The van der Waals surface area contributed by atoms with Crippen LogP contribution in [0.5, 0.6) is 0 Å². The van der Waals surface area contributed by atoms with Crippen molar-refractivity contribution in [1.29, 1.82) is 0 Å². The number of nitrogens with one attached hydrogen (secondary N) is 1. The van der Waals surface area contributed by atoms with Crippen LogP contribution in [-0.2, 0) is 13.1 Å². The zero-order chi connectivity index (χ0) is 7.14. The molecule has 0 radical (unpaired) electrons. The lowest BCUT2D eigenvalue weighted by Crippen LogP contribution is -2.08. The molecule has 0 saturated carbocycles. The topological polar surface area (TPSA) is 45.0 Å². The van der Waals surface area contributed by atoms with E-state index >= 15 is 0 Å². The number of aromatic amines is 1. The first kappa shape index (κ1) is 5.80. The number of nitrogen functional groups attached to an aromatic ring is 1. The van der Waals surface area contributed by atoms with Crippen LogP contribution < -0.4 is 5.73 Å². The Morgan fingerprint density at radius 1 is 1.60 bits per heavy atom. The fraction of sp³-hybridized carbons (Fsp3) is 0.429. The molecule has 2 heterocycles. The van der Waals surface area contributed by atoms with Gasteiger partial charge in [0, 0.05) is 24.8 Å². The first-order valence-corrected chi connectivity index (χ1v) is 3.40. The standard InChI is InChI=1S/C7H11N3/c1-10-3-5-2-9-7(8)6(5)4-10/h2,9H,3-4,8H2,1H3. The third kappa shape index (κ3) is 0.640. The normalized spacial score (nSPS) is 17.7. The lowest BCUT2D eigenvalue weighted by Gasteiger charge is -2.04. The van der Waals surface area contributed by atoms with Crippen LogP contribution in [0.15, 0.2) is 6.20 Å². The Hall–Kier alpha value is -0.960. The maximum Gasteiger partial charge on any atom is 0.105 e. The van der Waals surface area contributed by atoms with Gasteiger partial charge in [-0.15, -0.1) is 0 Å². The smallest absolute Gasteiger partial charge is 0.105 e. The first-order chi connectivity index (χ1) is 4.77. The lowest BCUT2D eigenvalue weighted by molar-refractivity contribution is 0.352. The molecule has 3 heteroatoms. The molecule has 54 valence electrons. The van der Waals surface area contributed by atoms with Crippen molar-refractivity contribution in [3.63, 3.8) is 0 Å². The van der Waals surface area contributed by atoms with Crippen molar-refractivity contribution < 1.29 is 0 Å². The van der Waals surface area contributed by atoms with Crippen LogP contribution in [-0.4, -0.2) is 16.9 Å². The van der Waals surface area contributed by atoms with Gasteiger partial charge in [-0.25, -0.2) is 0 Å². The summed E-state index contributed by atoms with van der Waals surface area (Å²) in [6.07, 6.45) is 1.99. The predicted octanol–water partition coefficient (Wildman–Crippen LogP) is 0.542. The van der Waals surface area contributed by atoms with Gasteiger partial charge in [0.05, 0.1) is 0 Å². The zero-order valence-electron chi connectivity index (χ0n) is 6.02. The monoisotopic (exact) mass is 137 g/mol. The summed E-state index contributed by atoms with van der Waals surface area (Å²) in [6, 6.07) is 0. The van der Waals surface area contributed by atoms with Crippen molar-refractivity contribution in [2.24, 2.45) is 0 Å². The van der Waals surface area contributed by atoms with Gasteiger partial charge in [-0.3, -0.25) is 4.90 Å². The minimum atomic E-state index is 0.833. The van der Waals surface area contributed by atoms with Crippen LogP contribution in [0, 0.1) is 0 Å². The van der Waals surface area contributed by atoms with E-state index in [1.807, 2.05) is 6.20 Å². The van der Waals surface area contributed by atoms with Crippen molar-refractivity contribution in [2.75, 3.05) is 12.8 Å². The number of fused-ring (bicyclic) bond motifs is 1. The highest BCUT2D eigenvalue weighted by Crippen LogP contribution is 2.25. The molecule has 2 rings (SSSR count). The van der Waals surface area contributed by atoms with Crippen LogP contribution in [0.2, 0.25) is 0 Å². The van der Waals surface area contributed by atoms with E-state index in [1.165, 1.54) is 11.1 Å². The molecule has 1 aromatic heterocycles. The SMILES string of the molecule is CN1Cc2c[nH]c(N)c2C1. The van der Waals surface area contributed by atoms with Gasteiger partial charge in [-0.05, 0) is 12.6 Å². The van der Waals surface area contributed by atoms with Crippen LogP contribution >= 0.6 is 0 Å². The fourth-order valence-corrected chi connectivity index (χ4v) is 1.46. The second-order valence-electron chi connectivity index (χ2n) is 2.88. The molecule has 3 N–H and O–H groups in total. The van der Waals surface area contributed by atoms with E-state index in [0.29, 0.717) is 0 Å². The number of rotatable bonds is 0. The summed E-state index contributed by atoms with van der Waals surface area (Å²) in [7, 11) is 2.10. The fourth-order valence-electron chi connectivity index (χ4n) is 1.46. The third-order valence-electron chi connectivity index (χ3n) is 1.98. The van der Waals surface area contributed by atoms with E-state index in [4.69, 9.17) is 5.73 Å². The van der Waals surface area contributed by atoms with E-state index < -0.39 is 0 Å². The molecule has 0 atom stereocenters. The Kier molecular flexibility index (Phi) is 1.02. The number of anilines is 1. The van der Waals surface area contributed by atoms with Crippen LogP contribution in [0.25, 0.3) is 0 Å². The Balaban J connectivity index is 2.44. The van der Waals surface area contributed by atoms with Crippen molar-refractivity contribution in [2.45, 2.75) is 13.1 Å². The van der Waals surface area contributed by atoms with Crippen molar-refractivity contribution in [3.05, 3.63) is 17.3 Å². The van der Waals surface area contributed by atoms with Gasteiger partial charge in [-0.1, -0.05) is 0 Å². The molecule has 1 aromatic rings. The highest BCUT2D eigenvalue weighted by atomic mass is 15.1. The minimum Gasteiger partial charge on any atom is -0.385 e. The first-order valence-electron chi connectivity index (χ1n) is 3.40. The molecule has 10 heavy (non-hydrogen) atoms. The minimum absolute atomic E-state index is 0.833. The number of nitrogens with zero attached hydrogens (tertiary/aromatic N) is 1. The van der Waals surface area contributed by atoms with Gasteiger partial charge < -0.3 is 10.7 Å². The summed E-state index contributed by atoms with van der Waals surface area (Å²) >= 11 is 0. The lowest BCUT2D eigenvalue weighted by atomic mass is 10.2. The van der Waals surface area contributed by atoms with Crippen molar-refractivity contribution in [1.82, 2.24) is 9.88 Å². The average molecular weight is 137 g/mol. The summed E-state index contributed by atoms with van der Waals surface area (Å²) in [6.45, 7) is 2.02. The molecule has 1 aliphatic heterocycles. The van der Waals surface area contributed by atoms with Crippen molar-refractivity contribution >= 4 is 5.82 Å². The molecule has 0 bridgehead atoms. The van der Waals surface area contributed by atoms with E-state index in [0.717, 1.165) is 18.9 Å². The number of nitrogens with two attached hydrogens (primary N) is 1.